The van der Waals surface area contributed by atoms with E-state index < -0.39 is 0 Å². The monoisotopic (exact) mass is 300 g/mol. The van der Waals surface area contributed by atoms with E-state index in [-0.39, 0.29) is 0 Å². The van der Waals surface area contributed by atoms with Crippen LogP contribution in [0.4, 0.5) is 0 Å². The molecular formula is C18H24N2S. The van der Waals surface area contributed by atoms with Crippen molar-refractivity contribution < 1.29 is 0 Å². The number of nitrogens with one attached hydrogen (secondary N) is 1. The molecule has 1 aromatic carbocycles. The van der Waals surface area contributed by atoms with E-state index in [4.69, 9.17) is 0 Å². The second-order valence-corrected chi connectivity index (χ2v) is 6.79. The number of rotatable bonds is 5. The lowest BCUT2D eigenvalue weighted by Crippen LogP contribution is -2.32. The summed E-state index contributed by atoms with van der Waals surface area (Å²) in [7, 11) is 0. The zero-order chi connectivity index (χ0) is 14.7. The van der Waals surface area contributed by atoms with Gasteiger partial charge in [0, 0.05) is 30.6 Å². The maximum absolute atomic E-state index is 3.37. The Morgan fingerprint density at radius 1 is 1.19 bits per heavy atom. The second-order valence-electron chi connectivity index (χ2n) is 5.79. The summed E-state index contributed by atoms with van der Waals surface area (Å²) < 4.78 is 0. The third-order valence-corrected chi connectivity index (χ3v) is 5.39. The van der Waals surface area contributed by atoms with Gasteiger partial charge < -0.3 is 5.32 Å². The molecule has 21 heavy (non-hydrogen) atoms. The van der Waals surface area contributed by atoms with Crippen LogP contribution in [-0.4, -0.2) is 18.0 Å². The van der Waals surface area contributed by atoms with Crippen molar-refractivity contribution in [3.8, 4) is 0 Å². The van der Waals surface area contributed by atoms with Gasteiger partial charge in [0.2, 0.25) is 0 Å². The summed E-state index contributed by atoms with van der Waals surface area (Å²) in [5.41, 5.74) is 4.32. The van der Waals surface area contributed by atoms with E-state index in [1.54, 1.807) is 4.88 Å². The van der Waals surface area contributed by atoms with Crippen molar-refractivity contribution in [1.82, 2.24) is 10.2 Å². The number of hydrogen-bond donors (Lipinski definition) is 1. The number of fused-ring (bicyclic) bond motifs is 1. The summed E-state index contributed by atoms with van der Waals surface area (Å²) >= 11 is 1.91. The van der Waals surface area contributed by atoms with Crippen molar-refractivity contribution >= 4 is 11.3 Å². The van der Waals surface area contributed by atoms with Crippen LogP contribution in [0.3, 0.4) is 0 Å². The highest BCUT2D eigenvalue weighted by Crippen LogP contribution is 2.33. The van der Waals surface area contributed by atoms with Gasteiger partial charge in [-0.05, 0) is 48.0 Å². The first-order valence-electron chi connectivity index (χ1n) is 7.86. The van der Waals surface area contributed by atoms with E-state index >= 15 is 0 Å². The molecule has 1 unspecified atom stereocenters. The Balaban J connectivity index is 1.64. The second kappa shape index (κ2) is 6.73. The van der Waals surface area contributed by atoms with Gasteiger partial charge >= 0.3 is 0 Å². The van der Waals surface area contributed by atoms with Crippen LogP contribution in [0.25, 0.3) is 0 Å². The molecule has 0 amide bonds. The summed E-state index contributed by atoms with van der Waals surface area (Å²) in [6.45, 7) is 8.70. The van der Waals surface area contributed by atoms with E-state index in [1.807, 2.05) is 11.3 Å². The molecule has 1 aliphatic rings. The summed E-state index contributed by atoms with van der Waals surface area (Å²) in [5.74, 6) is 0. The highest BCUT2D eigenvalue weighted by molar-refractivity contribution is 7.10. The van der Waals surface area contributed by atoms with E-state index in [0.717, 1.165) is 19.6 Å². The molecule has 1 atom stereocenters. The Labute approximate surface area is 131 Å². The van der Waals surface area contributed by atoms with Crippen molar-refractivity contribution in [2.75, 3.05) is 13.1 Å². The molecule has 0 aliphatic carbocycles. The standard InChI is InChI=1S/C18H24N2S/c1-3-19-12-15-4-6-16(7-5-15)13-20-10-8-18-17(14(20)2)9-11-21-18/h4-7,9,11,14,19H,3,8,10,12-13H2,1-2H3. The van der Waals surface area contributed by atoms with Gasteiger partial charge in [0.15, 0.2) is 0 Å². The Hall–Kier alpha value is -1.16. The Kier molecular flexibility index (Phi) is 4.73. The van der Waals surface area contributed by atoms with Gasteiger partial charge in [0.25, 0.3) is 0 Å². The summed E-state index contributed by atoms with van der Waals surface area (Å²) in [6.07, 6.45) is 1.20. The lowest BCUT2D eigenvalue weighted by atomic mass is 10.0. The molecule has 1 N–H and O–H groups in total. The minimum Gasteiger partial charge on any atom is -0.313 e. The summed E-state index contributed by atoms with van der Waals surface area (Å²) in [4.78, 5) is 4.17. The molecule has 3 heteroatoms. The van der Waals surface area contributed by atoms with Crippen molar-refractivity contribution in [2.45, 2.75) is 39.4 Å². The summed E-state index contributed by atoms with van der Waals surface area (Å²) in [5, 5.41) is 5.61. The molecule has 112 valence electrons. The van der Waals surface area contributed by atoms with Crippen LogP contribution >= 0.6 is 11.3 Å². The quantitative estimate of drug-likeness (QED) is 0.898. The van der Waals surface area contributed by atoms with Crippen molar-refractivity contribution in [3.63, 3.8) is 0 Å². The number of thiophene rings is 1. The van der Waals surface area contributed by atoms with Crippen LogP contribution < -0.4 is 5.32 Å². The maximum Gasteiger partial charge on any atom is 0.0334 e. The van der Waals surface area contributed by atoms with Crippen LogP contribution in [0.1, 0.15) is 41.5 Å². The summed E-state index contributed by atoms with van der Waals surface area (Å²) in [6, 6.07) is 11.9. The normalized spacial score (nSPS) is 18.7. The SMILES string of the molecule is CCNCc1ccc(CN2CCc3sccc3C2C)cc1. The smallest absolute Gasteiger partial charge is 0.0334 e. The van der Waals surface area contributed by atoms with Crippen LogP contribution in [-0.2, 0) is 19.5 Å². The van der Waals surface area contributed by atoms with E-state index in [0.29, 0.717) is 6.04 Å². The Morgan fingerprint density at radius 2 is 1.95 bits per heavy atom. The first-order valence-corrected chi connectivity index (χ1v) is 8.74. The molecule has 2 nitrogen and oxygen atoms in total. The third-order valence-electron chi connectivity index (χ3n) is 4.39. The minimum absolute atomic E-state index is 0.543. The molecule has 0 saturated heterocycles. The lowest BCUT2D eigenvalue weighted by Gasteiger charge is -2.33. The molecule has 1 aliphatic heterocycles. The van der Waals surface area contributed by atoms with Gasteiger partial charge in [-0.15, -0.1) is 11.3 Å². The molecule has 1 aromatic heterocycles. The Bertz CT molecular complexity index is 573. The zero-order valence-electron chi connectivity index (χ0n) is 12.9. The van der Waals surface area contributed by atoms with Gasteiger partial charge in [-0.2, -0.15) is 0 Å². The fraction of sp³-hybridized carbons (Fsp3) is 0.444. The minimum atomic E-state index is 0.543. The van der Waals surface area contributed by atoms with Crippen LogP contribution in [0.2, 0.25) is 0 Å². The van der Waals surface area contributed by atoms with Crippen LogP contribution in [0, 0.1) is 0 Å². The molecule has 3 rings (SSSR count). The van der Waals surface area contributed by atoms with Crippen molar-refractivity contribution in [3.05, 3.63) is 57.3 Å². The van der Waals surface area contributed by atoms with Crippen LogP contribution in [0.5, 0.6) is 0 Å². The Morgan fingerprint density at radius 3 is 2.71 bits per heavy atom. The predicted octanol–water partition coefficient (Wildman–Crippen LogP) is 3.98. The number of benzene rings is 1. The fourth-order valence-electron chi connectivity index (χ4n) is 3.04. The molecule has 0 fully saturated rings. The zero-order valence-corrected chi connectivity index (χ0v) is 13.7. The molecule has 2 aromatic rings. The van der Waals surface area contributed by atoms with Crippen molar-refractivity contribution in [1.29, 1.82) is 0 Å². The van der Waals surface area contributed by atoms with E-state index in [9.17, 15) is 0 Å². The highest BCUT2D eigenvalue weighted by atomic mass is 32.1. The largest absolute Gasteiger partial charge is 0.313 e. The van der Waals surface area contributed by atoms with Gasteiger partial charge in [-0.3, -0.25) is 4.90 Å². The van der Waals surface area contributed by atoms with Crippen LogP contribution in [0.15, 0.2) is 35.7 Å². The topological polar surface area (TPSA) is 15.3 Å². The molecular weight excluding hydrogens is 276 g/mol. The molecule has 0 bridgehead atoms. The number of nitrogens with zero attached hydrogens (tertiary/aromatic N) is 1. The molecule has 2 heterocycles. The van der Waals surface area contributed by atoms with E-state index in [1.165, 1.54) is 29.7 Å². The molecule has 0 spiro atoms. The van der Waals surface area contributed by atoms with Gasteiger partial charge in [0.05, 0.1) is 0 Å². The van der Waals surface area contributed by atoms with Crippen molar-refractivity contribution in [2.24, 2.45) is 0 Å². The highest BCUT2D eigenvalue weighted by Gasteiger charge is 2.24. The predicted molar refractivity (Wildman–Crippen MR) is 90.7 cm³/mol. The lowest BCUT2D eigenvalue weighted by molar-refractivity contribution is 0.191. The first-order chi connectivity index (χ1) is 10.3. The maximum atomic E-state index is 3.37. The van der Waals surface area contributed by atoms with Gasteiger partial charge in [-0.1, -0.05) is 31.2 Å². The fourth-order valence-corrected chi connectivity index (χ4v) is 4.01. The average Bonchev–Trinajstić information content (AvgIpc) is 2.99. The number of hydrogen-bond acceptors (Lipinski definition) is 3. The average molecular weight is 300 g/mol. The molecule has 0 saturated carbocycles. The van der Waals surface area contributed by atoms with Gasteiger partial charge in [0.1, 0.15) is 0 Å². The van der Waals surface area contributed by atoms with E-state index in [2.05, 4.69) is 59.8 Å². The van der Waals surface area contributed by atoms with Gasteiger partial charge in [-0.25, -0.2) is 0 Å². The molecule has 0 radical (unpaired) electrons. The first kappa shape index (κ1) is 14.8. The third kappa shape index (κ3) is 3.37.